The van der Waals surface area contributed by atoms with Gasteiger partial charge in [-0.2, -0.15) is 0 Å². The van der Waals surface area contributed by atoms with Gasteiger partial charge in [0.2, 0.25) is 0 Å². The summed E-state index contributed by atoms with van der Waals surface area (Å²) in [5, 5.41) is 18.9. The number of hydrogen-bond acceptors (Lipinski definition) is 2. The van der Waals surface area contributed by atoms with Crippen LogP contribution in [-0.4, -0.2) is 15.8 Å². The van der Waals surface area contributed by atoms with Crippen LogP contribution in [0.15, 0.2) is 24.3 Å². The van der Waals surface area contributed by atoms with Crippen molar-refractivity contribution < 1.29 is 10.2 Å². The molecule has 0 aliphatic heterocycles. The Morgan fingerprint density at radius 3 is 2.13 bits per heavy atom. The van der Waals surface area contributed by atoms with E-state index in [0.29, 0.717) is 0 Å². The number of aryl methyl sites for hydroxylation is 1. The van der Waals surface area contributed by atoms with E-state index >= 15 is 0 Å². The fraction of sp³-hybridized carbons (Fsp3) is 0.538. The zero-order valence-electron chi connectivity index (χ0n) is 9.70. The van der Waals surface area contributed by atoms with Gasteiger partial charge in [-0.25, -0.2) is 0 Å². The Morgan fingerprint density at radius 1 is 1.20 bits per heavy atom. The summed E-state index contributed by atoms with van der Waals surface area (Å²) in [6, 6.07) is 7.89. The molecule has 0 radical (unpaired) electrons. The Bertz CT molecular complexity index is 293. The van der Waals surface area contributed by atoms with Crippen molar-refractivity contribution in [2.45, 2.75) is 45.3 Å². The smallest absolute Gasteiger partial charge is 0.0761 e. The highest BCUT2D eigenvalue weighted by molar-refractivity contribution is 5.24. The van der Waals surface area contributed by atoms with Crippen LogP contribution in [0.4, 0.5) is 0 Å². The quantitative estimate of drug-likeness (QED) is 0.798. The average molecular weight is 208 g/mol. The molecule has 1 aromatic rings. The Balaban J connectivity index is 2.57. The predicted molar refractivity (Wildman–Crippen MR) is 61.7 cm³/mol. The van der Waals surface area contributed by atoms with Crippen molar-refractivity contribution in [2.24, 2.45) is 0 Å². The maximum Gasteiger partial charge on any atom is 0.0761 e. The van der Waals surface area contributed by atoms with Crippen molar-refractivity contribution >= 4 is 0 Å². The number of benzene rings is 1. The molecule has 0 saturated heterocycles. The summed E-state index contributed by atoms with van der Waals surface area (Å²) in [7, 11) is 0. The first-order chi connectivity index (χ1) is 6.88. The highest BCUT2D eigenvalue weighted by Crippen LogP contribution is 2.16. The van der Waals surface area contributed by atoms with Crippen molar-refractivity contribution in [2.75, 3.05) is 0 Å². The minimum Gasteiger partial charge on any atom is -0.390 e. The minimum atomic E-state index is -0.608. The summed E-state index contributed by atoms with van der Waals surface area (Å²) < 4.78 is 0. The molecular formula is C13H20O2. The summed E-state index contributed by atoms with van der Waals surface area (Å²) in [5.74, 6) is 0. The zero-order chi connectivity index (χ0) is 11.5. The lowest BCUT2D eigenvalue weighted by molar-refractivity contribution is 0.0714. The van der Waals surface area contributed by atoms with Gasteiger partial charge in [-0.05, 0) is 44.7 Å². The van der Waals surface area contributed by atoms with Crippen molar-refractivity contribution in [3.8, 4) is 0 Å². The van der Waals surface area contributed by atoms with E-state index in [1.54, 1.807) is 6.92 Å². The van der Waals surface area contributed by atoms with Gasteiger partial charge in [-0.15, -0.1) is 0 Å². The SMILES string of the molecule is CC(O)c1ccc(CCC(C)(C)O)cc1. The van der Waals surface area contributed by atoms with Crippen LogP contribution in [0.5, 0.6) is 0 Å². The highest BCUT2D eigenvalue weighted by Gasteiger charge is 2.11. The van der Waals surface area contributed by atoms with Crippen LogP contribution in [0.1, 0.15) is 44.4 Å². The van der Waals surface area contributed by atoms with Gasteiger partial charge in [-0.3, -0.25) is 0 Å². The molecule has 15 heavy (non-hydrogen) atoms. The lowest BCUT2D eigenvalue weighted by atomic mass is 9.98. The van der Waals surface area contributed by atoms with Crippen LogP contribution in [0.3, 0.4) is 0 Å². The molecule has 84 valence electrons. The van der Waals surface area contributed by atoms with Gasteiger partial charge < -0.3 is 10.2 Å². The monoisotopic (exact) mass is 208 g/mol. The van der Waals surface area contributed by atoms with E-state index in [1.807, 2.05) is 38.1 Å². The van der Waals surface area contributed by atoms with E-state index in [9.17, 15) is 10.2 Å². The van der Waals surface area contributed by atoms with Gasteiger partial charge in [0.1, 0.15) is 0 Å². The molecule has 1 aromatic carbocycles. The van der Waals surface area contributed by atoms with E-state index in [1.165, 1.54) is 5.56 Å². The van der Waals surface area contributed by atoms with Gasteiger partial charge in [0.05, 0.1) is 11.7 Å². The van der Waals surface area contributed by atoms with E-state index in [4.69, 9.17) is 0 Å². The first-order valence-corrected chi connectivity index (χ1v) is 5.38. The van der Waals surface area contributed by atoms with Gasteiger partial charge >= 0.3 is 0 Å². The van der Waals surface area contributed by atoms with Crippen molar-refractivity contribution in [1.29, 1.82) is 0 Å². The van der Waals surface area contributed by atoms with Gasteiger partial charge in [-0.1, -0.05) is 24.3 Å². The first kappa shape index (κ1) is 12.2. The fourth-order valence-corrected chi connectivity index (χ4v) is 1.41. The molecule has 0 aliphatic carbocycles. The molecule has 0 spiro atoms. The van der Waals surface area contributed by atoms with Gasteiger partial charge in [0, 0.05) is 0 Å². The molecular weight excluding hydrogens is 188 g/mol. The minimum absolute atomic E-state index is 0.409. The van der Waals surface area contributed by atoms with Crippen LogP contribution in [-0.2, 0) is 6.42 Å². The molecule has 2 heteroatoms. The van der Waals surface area contributed by atoms with Crippen LogP contribution < -0.4 is 0 Å². The highest BCUT2D eigenvalue weighted by atomic mass is 16.3. The largest absolute Gasteiger partial charge is 0.390 e. The number of hydrogen-bond donors (Lipinski definition) is 2. The molecule has 1 atom stereocenters. The second-order valence-electron chi connectivity index (χ2n) is 4.73. The lowest BCUT2D eigenvalue weighted by Crippen LogP contribution is -2.19. The second-order valence-corrected chi connectivity index (χ2v) is 4.73. The van der Waals surface area contributed by atoms with Gasteiger partial charge in [0.15, 0.2) is 0 Å². The number of aliphatic hydroxyl groups is 2. The molecule has 0 aromatic heterocycles. The van der Waals surface area contributed by atoms with Crippen molar-refractivity contribution in [1.82, 2.24) is 0 Å². The van der Waals surface area contributed by atoms with Crippen LogP contribution in [0.25, 0.3) is 0 Å². The zero-order valence-corrected chi connectivity index (χ0v) is 9.70. The molecule has 2 nitrogen and oxygen atoms in total. The van der Waals surface area contributed by atoms with E-state index < -0.39 is 11.7 Å². The second kappa shape index (κ2) is 4.77. The standard InChI is InChI=1S/C13H20O2/c1-10(14)12-6-4-11(5-7-12)8-9-13(2,3)15/h4-7,10,14-15H,8-9H2,1-3H3. The summed E-state index contributed by atoms with van der Waals surface area (Å²) in [4.78, 5) is 0. The summed E-state index contributed by atoms with van der Waals surface area (Å²) in [6.45, 7) is 5.39. The third-order valence-electron chi connectivity index (χ3n) is 2.49. The molecule has 1 rings (SSSR count). The molecule has 0 bridgehead atoms. The molecule has 0 aliphatic rings. The Hall–Kier alpha value is -0.860. The number of aliphatic hydroxyl groups excluding tert-OH is 1. The van der Waals surface area contributed by atoms with Crippen LogP contribution in [0.2, 0.25) is 0 Å². The van der Waals surface area contributed by atoms with Crippen LogP contribution >= 0.6 is 0 Å². The number of rotatable bonds is 4. The van der Waals surface area contributed by atoms with Crippen molar-refractivity contribution in [3.05, 3.63) is 35.4 Å². The van der Waals surface area contributed by atoms with Crippen LogP contribution in [0, 0.1) is 0 Å². The topological polar surface area (TPSA) is 40.5 Å². The fourth-order valence-electron chi connectivity index (χ4n) is 1.41. The summed E-state index contributed by atoms with van der Waals surface area (Å²) in [6.07, 6.45) is 1.21. The van der Waals surface area contributed by atoms with E-state index in [2.05, 4.69) is 0 Å². The molecule has 0 heterocycles. The third-order valence-corrected chi connectivity index (χ3v) is 2.49. The van der Waals surface area contributed by atoms with E-state index in [-0.39, 0.29) is 0 Å². The average Bonchev–Trinajstić information content (AvgIpc) is 2.14. The van der Waals surface area contributed by atoms with E-state index in [0.717, 1.165) is 18.4 Å². The Labute approximate surface area is 91.6 Å². The van der Waals surface area contributed by atoms with Crippen molar-refractivity contribution in [3.63, 3.8) is 0 Å². The molecule has 2 N–H and O–H groups in total. The third kappa shape index (κ3) is 4.45. The Morgan fingerprint density at radius 2 is 1.73 bits per heavy atom. The maximum absolute atomic E-state index is 9.58. The summed E-state index contributed by atoms with van der Waals surface area (Å²) in [5.41, 5.74) is 1.52. The summed E-state index contributed by atoms with van der Waals surface area (Å²) >= 11 is 0. The maximum atomic E-state index is 9.58. The lowest BCUT2D eigenvalue weighted by Gasteiger charge is -2.16. The first-order valence-electron chi connectivity index (χ1n) is 5.38. The molecule has 0 fully saturated rings. The normalized spacial score (nSPS) is 13.9. The molecule has 1 unspecified atom stereocenters. The molecule has 0 saturated carbocycles. The van der Waals surface area contributed by atoms with Gasteiger partial charge in [0.25, 0.3) is 0 Å². The molecule has 0 amide bonds. The Kier molecular flexibility index (Phi) is 3.89. The predicted octanol–water partition coefficient (Wildman–Crippen LogP) is 2.44.